The molecule has 0 heterocycles. The zero-order valence-corrected chi connectivity index (χ0v) is 16.6. The van der Waals surface area contributed by atoms with Gasteiger partial charge in [-0.25, -0.2) is 0 Å². The molecule has 0 bridgehead atoms. The lowest BCUT2D eigenvalue weighted by molar-refractivity contribution is 0.329. The van der Waals surface area contributed by atoms with Gasteiger partial charge in [0.25, 0.3) is 0 Å². The van der Waals surface area contributed by atoms with E-state index in [2.05, 4.69) is 52.5 Å². The van der Waals surface area contributed by atoms with Crippen LogP contribution in [0.4, 0.5) is 0 Å². The molecule has 134 valence electrons. The minimum Gasteiger partial charge on any atom is -0.129 e. The van der Waals surface area contributed by atoms with Crippen molar-refractivity contribution in [3.05, 3.63) is 17.9 Å². The minimum absolute atomic E-state index is 0.684. The van der Waals surface area contributed by atoms with E-state index in [0.717, 1.165) is 23.7 Å². The summed E-state index contributed by atoms with van der Waals surface area (Å²) in [7, 11) is 0. The molecule has 0 nitrogen and oxygen atoms in total. The highest BCUT2D eigenvalue weighted by Gasteiger charge is 2.25. The average Bonchev–Trinajstić information content (AvgIpc) is 2.92. The van der Waals surface area contributed by atoms with Gasteiger partial charge in [-0.2, -0.15) is 0 Å². The minimum atomic E-state index is 0.684. The summed E-state index contributed by atoms with van der Waals surface area (Å²) in [5.74, 6) is 4.41. The summed E-state index contributed by atoms with van der Waals surface area (Å²) in [4.78, 5) is 0. The van der Waals surface area contributed by atoms with Crippen LogP contribution >= 0.6 is 0 Å². The van der Waals surface area contributed by atoms with Gasteiger partial charge in [0.1, 0.15) is 0 Å². The fraction of sp³-hybridized carbons (Fsp3) is 0.870. The molecule has 0 aromatic carbocycles. The third-order valence-electron chi connectivity index (χ3n) is 5.55. The molecule has 0 spiro atoms. The van der Waals surface area contributed by atoms with Gasteiger partial charge in [-0.3, -0.25) is 0 Å². The van der Waals surface area contributed by atoms with Gasteiger partial charge in [0, 0.05) is 0 Å². The number of rotatable bonds is 11. The van der Waals surface area contributed by atoms with Crippen LogP contribution in [0, 0.1) is 29.6 Å². The van der Waals surface area contributed by atoms with E-state index in [0.29, 0.717) is 5.92 Å². The highest BCUT2D eigenvalue weighted by molar-refractivity contribution is 4.89. The molecule has 0 aliphatic heterocycles. The number of hydrogen-bond acceptors (Lipinski definition) is 0. The first-order valence-electron chi connectivity index (χ1n) is 10.4. The van der Waals surface area contributed by atoms with E-state index in [4.69, 9.17) is 0 Å². The topological polar surface area (TPSA) is 0 Å². The van der Waals surface area contributed by atoms with E-state index in [9.17, 15) is 0 Å². The molecule has 0 aromatic heterocycles. The molecule has 0 saturated heterocycles. The normalized spacial score (nSPS) is 22.4. The van der Waals surface area contributed by atoms with Crippen molar-refractivity contribution >= 4 is 0 Å². The van der Waals surface area contributed by atoms with Gasteiger partial charge in [-0.1, -0.05) is 79.6 Å². The van der Waals surface area contributed by atoms with Crippen molar-refractivity contribution in [3.8, 4) is 0 Å². The Hall–Kier alpha value is -0.480. The van der Waals surface area contributed by atoms with Gasteiger partial charge in [-0.05, 0) is 61.0 Å². The SMILES string of the molecule is CC(C)CCCC1CCCC1CCC=C=CC(C)CCC(C)C. The highest BCUT2D eigenvalue weighted by Crippen LogP contribution is 2.38. The van der Waals surface area contributed by atoms with Gasteiger partial charge in [0.2, 0.25) is 0 Å². The monoisotopic (exact) mass is 318 g/mol. The van der Waals surface area contributed by atoms with Crippen LogP contribution in [-0.4, -0.2) is 0 Å². The first-order valence-corrected chi connectivity index (χ1v) is 10.4. The lowest BCUT2D eigenvalue weighted by Crippen LogP contribution is -2.08. The average molecular weight is 319 g/mol. The Morgan fingerprint density at radius 1 is 0.870 bits per heavy atom. The van der Waals surface area contributed by atoms with Gasteiger partial charge in [0.05, 0.1) is 0 Å². The fourth-order valence-electron chi connectivity index (χ4n) is 3.95. The molecule has 23 heavy (non-hydrogen) atoms. The van der Waals surface area contributed by atoms with Crippen LogP contribution in [-0.2, 0) is 0 Å². The predicted octanol–water partition coefficient (Wildman–Crippen LogP) is 7.79. The van der Waals surface area contributed by atoms with E-state index >= 15 is 0 Å². The van der Waals surface area contributed by atoms with Crippen LogP contribution in [0.1, 0.15) is 98.8 Å². The van der Waals surface area contributed by atoms with Crippen LogP contribution in [0.15, 0.2) is 17.9 Å². The first-order chi connectivity index (χ1) is 11.0. The van der Waals surface area contributed by atoms with Crippen molar-refractivity contribution < 1.29 is 0 Å². The summed E-state index contributed by atoms with van der Waals surface area (Å²) >= 11 is 0. The molecular formula is C23H42. The maximum Gasteiger partial charge on any atom is -0.0186 e. The van der Waals surface area contributed by atoms with Gasteiger partial charge >= 0.3 is 0 Å². The second-order valence-corrected chi connectivity index (χ2v) is 8.84. The third kappa shape index (κ3) is 10.1. The Morgan fingerprint density at radius 2 is 1.52 bits per heavy atom. The molecule has 3 atom stereocenters. The lowest BCUT2D eigenvalue weighted by atomic mass is 9.87. The Labute approximate surface area is 146 Å². The summed E-state index contributed by atoms with van der Waals surface area (Å²) < 4.78 is 0. The standard InChI is InChI=1S/C23H42/c1-19(2)11-9-14-23-16-10-15-22(23)13-8-6-7-12-21(5)18-17-20(3)4/h6,12,19-23H,8-11,13-18H2,1-5H3. The molecular weight excluding hydrogens is 276 g/mol. The predicted molar refractivity (Wildman–Crippen MR) is 105 cm³/mol. The van der Waals surface area contributed by atoms with E-state index in [-0.39, 0.29) is 0 Å². The van der Waals surface area contributed by atoms with Crippen LogP contribution in [0.3, 0.4) is 0 Å². The van der Waals surface area contributed by atoms with Gasteiger partial charge in [0.15, 0.2) is 0 Å². The molecule has 0 heteroatoms. The zero-order valence-electron chi connectivity index (χ0n) is 16.6. The second-order valence-electron chi connectivity index (χ2n) is 8.84. The van der Waals surface area contributed by atoms with E-state index in [1.54, 1.807) is 0 Å². The van der Waals surface area contributed by atoms with E-state index < -0.39 is 0 Å². The smallest absolute Gasteiger partial charge is 0.0186 e. The summed E-state index contributed by atoms with van der Waals surface area (Å²) in [5, 5.41) is 0. The van der Waals surface area contributed by atoms with Crippen molar-refractivity contribution in [3.63, 3.8) is 0 Å². The van der Waals surface area contributed by atoms with Crippen LogP contribution in [0.2, 0.25) is 0 Å². The number of hydrogen-bond donors (Lipinski definition) is 0. The lowest BCUT2D eigenvalue weighted by Gasteiger charge is -2.19. The highest BCUT2D eigenvalue weighted by atomic mass is 14.3. The molecule has 1 fully saturated rings. The molecule has 1 aliphatic carbocycles. The van der Waals surface area contributed by atoms with Gasteiger partial charge in [-0.15, -0.1) is 5.73 Å². The molecule has 0 aromatic rings. The summed E-state index contributed by atoms with van der Waals surface area (Å²) in [6.45, 7) is 11.7. The summed E-state index contributed by atoms with van der Waals surface area (Å²) in [6, 6.07) is 0. The van der Waals surface area contributed by atoms with Crippen molar-refractivity contribution in [2.75, 3.05) is 0 Å². The molecule has 0 radical (unpaired) electrons. The van der Waals surface area contributed by atoms with Crippen molar-refractivity contribution in [2.24, 2.45) is 29.6 Å². The first kappa shape index (κ1) is 20.6. The summed E-state index contributed by atoms with van der Waals surface area (Å²) in [6.07, 6.45) is 18.7. The molecule has 1 saturated carbocycles. The van der Waals surface area contributed by atoms with Crippen LogP contribution in [0.5, 0.6) is 0 Å². The summed E-state index contributed by atoms with van der Waals surface area (Å²) in [5.41, 5.74) is 3.46. The van der Waals surface area contributed by atoms with Crippen LogP contribution in [0.25, 0.3) is 0 Å². The molecule has 0 N–H and O–H groups in total. The quantitative estimate of drug-likeness (QED) is 0.341. The van der Waals surface area contributed by atoms with E-state index in [1.807, 2.05) is 0 Å². The van der Waals surface area contributed by atoms with Crippen molar-refractivity contribution in [1.82, 2.24) is 0 Å². The molecule has 3 unspecified atom stereocenters. The van der Waals surface area contributed by atoms with Gasteiger partial charge < -0.3 is 0 Å². The van der Waals surface area contributed by atoms with Crippen molar-refractivity contribution in [2.45, 2.75) is 98.8 Å². The fourth-order valence-corrected chi connectivity index (χ4v) is 3.95. The maximum absolute atomic E-state index is 3.46. The second kappa shape index (κ2) is 12.0. The Morgan fingerprint density at radius 3 is 2.17 bits per heavy atom. The molecule has 0 amide bonds. The largest absolute Gasteiger partial charge is 0.129 e. The van der Waals surface area contributed by atoms with Crippen LogP contribution < -0.4 is 0 Å². The van der Waals surface area contributed by atoms with Crippen molar-refractivity contribution in [1.29, 1.82) is 0 Å². The van der Waals surface area contributed by atoms with E-state index in [1.165, 1.54) is 64.2 Å². The number of allylic oxidation sites excluding steroid dienone is 1. The Balaban J connectivity index is 2.21. The Bertz CT molecular complexity index is 343. The molecule has 1 rings (SSSR count). The maximum atomic E-state index is 3.46. The Kier molecular flexibility index (Phi) is 10.7. The molecule has 1 aliphatic rings. The zero-order chi connectivity index (χ0) is 17.1. The third-order valence-corrected chi connectivity index (χ3v) is 5.55.